The fourth-order valence-corrected chi connectivity index (χ4v) is 1.94. The van der Waals surface area contributed by atoms with Gasteiger partial charge in [0, 0.05) is 12.1 Å². The molecule has 2 aromatic carbocycles. The average molecular weight is 265 g/mol. The number of hydrogen-bond donors (Lipinski definition) is 1. The summed E-state index contributed by atoms with van der Waals surface area (Å²) < 4.78 is 40.0. The highest BCUT2D eigenvalue weighted by molar-refractivity contribution is 5.53. The van der Waals surface area contributed by atoms with Crippen molar-refractivity contribution in [3.63, 3.8) is 0 Å². The quantitative estimate of drug-likeness (QED) is 0.856. The highest BCUT2D eigenvalue weighted by atomic mass is 19.1. The molecule has 0 fully saturated rings. The largest absolute Gasteiger partial charge is 0.376 e. The van der Waals surface area contributed by atoms with Gasteiger partial charge in [-0.05, 0) is 43.2 Å². The van der Waals surface area contributed by atoms with Crippen molar-refractivity contribution in [3.05, 3.63) is 65.0 Å². The second-order valence-corrected chi connectivity index (χ2v) is 4.50. The van der Waals surface area contributed by atoms with E-state index in [0.717, 1.165) is 11.6 Å². The second kappa shape index (κ2) is 5.34. The van der Waals surface area contributed by atoms with Gasteiger partial charge in [0.25, 0.3) is 0 Å². The van der Waals surface area contributed by atoms with Gasteiger partial charge in [0.05, 0.1) is 5.69 Å². The number of benzene rings is 2. The minimum Gasteiger partial charge on any atom is -0.376 e. The topological polar surface area (TPSA) is 12.0 Å². The molecule has 4 heteroatoms. The van der Waals surface area contributed by atoms with Crippen molar-refractivity contribution in [2.45, 2.75) is 19.9 Å². The molecule has 0 aliphatic carbocycles. The first-order valence-electron chi connectivity index (χ1n) is 5.95. The van der Waals surface area contributed by atoms with Crippen LogP contribution in [0.25, 0.3) is 0 Å². The predicted octanol–water partition coefficient (Wildman–Crippen LogP) is 4.59. The Kier molecular flexibility index (Phi) is 3.79. The van der Waals surface area contributed by atoms with Crippen LogP contribution in [0.15, 0.2) is 36.4 Å². The number of hydrogen-bond acceptors (Lipinski definition) is 1. The zero-order chi connectivity index (χ0) is 14.0. The summed E-state index contributed by atoms with van der Waals surface area (Å²) in [5.41, 5.74) is 1.52. The summed E-state index contributed by atoms with van der Waals surface area (Å²) in [7, 11) is 0. The second-order valence-electron chi connectivity index (χ2n) is 4.50. The van der Waals surface area contributed by atoms with E-state index in [1.165, 1.54) is 18.2 Å². The average Bonchev–Trinajstić information content (AvgIpc) is 2.32. The van der Waals surface area contributed by atoms with E-state index >= 15 is 0 Å². The minimum absolute atomic E-state index is 0.347. The van der Waals surface area contributed by atoms with E-state index < -0.39 is 17.7 Å². The third-order valence-electron chi connectivity index (χ3n) is 2.97. The van der Waals surface area contributed by atoms with Crippen molar-refractivity contribution in [1.82, 2.24) is 0 Å². The van der Waals surface area contributed by atoms with Gasteiger partial charge in [-0.25, -0.2) is 13.2 Å². The molecule has 100 valence electrons. The third kappa shape index (κ3) is 3.08. The molecular formula is C15H14F3N. The van der Waals surface area contributed by atoms with E-state index in [2.05, 4.69) is 5.32 Å². The Morgan fingerprint density at radius 2 is 1.63 bits per heavy atom. The monoisotopic (exact) mass is 265 g/mol. The summed E-state index contributed by atoms with van der Waals surface area (Å²) in [6, 6.07) is 7.60. The van der Waals surface area contributed by atoms with Crippen molar-refractivity contribution in [3.8, 4) is 0 Å². The number of para-hydroxylation sites is 1. The van der Waals surface area contributed by atoms with Crippen LogP contribution in [-0.2, 0) is 0 Å². The Hall–Kier alpha value is -1.97. The lowest BCUT2D eigenvalue weighted by Gasteiger charge is -2.18. The molecule has 0 heterocycles. The van der Waals surface area contributed by atoms with Gasteiger partial charge in [-0.15, -0.1) is 0 Å². The molecule has 19 heavy (non-hydrogen) atoms. The van der Waals surface area contributed by atoms with E-state index in [-0.39, 0.29) is 5.82 Å². The molecule has 2 aromatic rings. The van der Waals surface area contributed by atoms with Crippen LogP contribution in [0.4, 0.5) is 18.9 Å². The Bertz CT molecular complexity index is 555. The van der Waals surface area contributed by atoms with E-state index in [4.69, 9.17) is 0 Å². The molecule has 1 unspecified atom stereocenters. The normalized spacial score (nSPS) is 12.3. The standard InChI is InChI=1S/C15H14F3N/c1-9-4-3-5-14(18)15(9)19-10(2)11-6-12(16)8-13(17)7-11/h3-8,10,19H,1-2H3. The van der Waals surface area contributed by atoms with Gasteiger partial charge in [0.15, 0.2) is 0 Å². The molecule has 2 rings (SSSR count). The van der Waals surface area contributed by atoms with E-state index in [1.807, 2.05) is 0 Å². The van der Waals surface area contributed by atoms with E-state index in [1.54, 1.807) is 26.0 Å². The minimum atomic E-state index is -0.645. The van der Waals surface area contributed by atoms with Gasteiger partial charge in [0.2, 0.25) is 0 Å². The Balaban J connectivity index is 2.28. The molecular weight excluding hydrogens is 251 g/mol. The van der Waals surface area contributed by atoms with Crippen molar-refractivity contribution in [2.75, 3.05) is 5.32 Å². The van der Waals surface area contributed by atoms with Gasteiger partial charge < -0.3 is 5.32 Å². The van der Waals surface area contributed by atoms with Crippen LogP contribution in [0.2, 0.25) is 0 Å². The summed E-state index contributed by atoms with van der Waals surface area (Å²) in [5.74, 6) is -1.67. The number of anilines is 1. The summed E-state index contributed by atoms with van der Waals surface area (Å²) in [4.78, 5) is 0. The molecule has 0 saturated heterocycles. The van der Waals surface area contributed by atoms with Gasteiger partial charge in [-0.2, -0.15) is 0 Å². The van der Waals surface area contributed by atoms with Crippen LogP contribution in [0.3, 0.4) is 0 Å². The van der Waals surface area contributed by atoms with Crippen LogP contribution < -0.4 is 5.32 Å². The molecule has 0 aliphatic heterocycles. The van der Waals surface area contributed by atoms with Crippen LogP contribution in [0.5, 0.6) is 0 Å². The SMILES string of the molecule is Cc1cccc(F)c1NC(C)c1cc(F)cc(F)c1. The smallest absolute Gasteiger partial charge is 0.146 e. The Labute approximate surface area is 110 Å². The molecule has 0 spiro atoms. The Morgan fingerprint density at radius 1 is 1.00 bits per heavy atom. The molecule has 0 bridgehead atoms. The summed E-state index contributed by atoms with van der Waals surface area (Å²) >= 11 is 0. The van der Waals surface area contributed by atoms with Gasteiger partial charge in [0.1, 0.15) is 17.5 Å². The number of halogens is 3. The zero-order valence-corrected chi connectivity index (χ0v) is 10.7. The zero-order valence-electron chi connectivity index (χ0n) is 10.7. The van der Waals surface area contributed by atoms with E-state index in [9.17, 15) is 13.2 Å². The van der Waals surface area contributed by atoms with Gasteiger partial charge in [-0.1, -0.05) is 12.1 Å². The van der Waals surface area contributed by atoms with Crippen molar-refractivity contribution in [2.24, 2.45) is 0 Å². The highest BCUT2D eigenvalue weighted by Gasteiger charge is 2.12. The van der Waals surface area contributed by atoms with Crippen LogP contribution in [-0.4, -0.2) is 0 Å². The molecule has 1 atom stereocenters. The predicted molar refractivity (Wildman–Crippen MR) is 69.5 cm³/mol. The van der Waals surface area contributed by atoms with Crippen molar-refractivity contribution in [1.29, 1.82) is 0 Å². The molecule has 0 saturated carbocycles. The summed E-state index contributed by atoms with van der Waals surface area (Å²) in [6.07, 6.45) is 0. The fourth-order valence-electron chi connectivity index (χ4n) is 1.94. The van der Waals surface area contributed by atoms with Crippen molar-refractivity contribution >= 4 is 5.69 Å². The maximum atomic E-state index is 13.7. The molecule has 0 aliphatic rings. The first kappa shape index (κ1) is 13.5. The molecule has 1 nitrogen and oxygen atoms in total. The lowest BCUT2D eigenvalue weighted by atomic mass is 10.1. The number of aryl methyl sites for hydroxylation is 1. The molecule has 0 amide bonds. The molecule has 0 aromatic heterocycles. The van der Waals surface area contributed by atoms with Crippen LogP contribution in [0.1, 0.15) is 24.1 Å². The summed E-state index contributed by atoms with van der Waals surface area (Å²) in [6.45, 7) is 3.49. The highest BCUT2D eigenvalue weighted by Crippen LogP contribution is 2.25. The first-order valence-corrected chi connectivity index (χ1v) is 5.95. The summed E-state index contributed by atoms with van der Waals surface area (Å²) in [5, 5.41) is 2.94. The first-order chi connectivity index (χ1) is 8.97. The maximum absolute atomic E-state index is 13.7. The van der Waals surface area contributed by atoms with Crippen LogP contribution in [0, 0.1) is 24.4 Å². The van der Waals surface area contributed by atoms with E-state index in [0.29, 0.717) is 11.3 Å². The molecule has 0 radical (unpaired) electrons. The lowest BCUT2D eigenvalue weighted by Crippen LogP contribution is -2.10. The van der Waals surface area contributed by atoms with Gasteiger partial charge in [-0.3, -0.25) is 0 Å². The van der Waals surface area contributed by atoms with Crippen molar-refractivity contribution < 1.29 is 13.2 Å². The molecule has 1 N–H and O–H groups in total. The number of nitrogens with one attached hydrogen (secondary N) is 1. The Morgan fingerprint density at radius 3 is 2.21 bits per heavy atom. The fraction of sp³-hybridized carbons (Fsp3) is 0.200. The van der Waals surface area contributed by atoms with Gasteiger partial charge >= 0.3 is 0 Å². The third-order valence-corrected chi connectivity index (χ3v) is 2.97. The maximum Gasteiger partial charge on any atom is 0.146 e. The number of rotatable bonds is 3. The lowest BCUT2D eigenvalue weighted by molar-refractivity contribution is 0.577. The van der Waals surface area contributed by atoms with Crippen LogP contribution >= 0.6 is 0 Å².